The summed E-state index contributed by atoms with van der Waals surface area (Å²) < 4.78 is 0. The highest BCUT2D eigenvalue weighted by Gasteiger charge is 2.00. The molecule has 0 radical (unpaired) electrons. The van der Waals surface area contributed by atoms with Crippen LogP contribution >= 0.6 is 11.8 Å². The maximum atomic E-state index is 5.68. The van der Waals surface area contributed by atoms with Crippen LogP contribution in [0.15, 0.2) is 47.4 Å². The summed E-state index contributed by atoms with van der Waals surface area (Å²) in [6.45, 7) is 4.33. The smallest absolute Gasteiger partial charge is 0.0314 e. The Kier molecular flexibility index (Phi) is 4.92. The van der Waals surface area contributed by atoms with Gasteiger partial charge < -0.3 is 5.73 Å². The number of hydrogen-bond acceptors (Lipinski definition) is 2. The molecule has 0 amide bonds. The van der Waals surface area contributed by atoms with E-state index >= 15 is 0 Å². The Morgan fingerprint density at radius 2 is 1.74 bits per heavy atom. The summed E-state index contributed by atoms with van der Waals surface area (Å²) in [5, 5.41) is 0. The molecule has 100 valence electrons. The average Bonchev–Trinajstić information content (AvgIpc) is 2.40. The van der Waals surface area contributed by atoms with Crippen LogP contribution in [0.4, 0.5) is 5.69 Å². The predicted molar refractivity (Wildman–Crippen MR) is 85.8 cm³/mol. The molecule has 0 unspecified atom stereocenters. The van der Waals surface area contributed by atoms with Gasteiger partial charge in [0.25, 0.3) is 0 Å². The molecule has 0 fully saturated rings. The largest absolute Gasteiger partial charge is 0.399 e. The van der Waals surface area contributed by atoms with Gasteiger partial charge in [-0.3, -0.25) is 0 Å². The van der Waals surface area contributed by atoms with Gasteiger partial charge in [0.1, 0.15) is 0 Å². The van der Waals surface area contributed by atoms with E-state index in [-0.39, 0.29) is 0 Å². The number of benzene rings is 2. The Balaban J connectivity index is 1.80. The summed E-state index contributed by atoms with van der Waals surface area (Å²) in [6, 6.07) is 14.9. The van der Waals surface area contributed by atoms with Crippen molar-refractivity contribution in [2.45, 2.75) is 31.6 Å². The van der Waals surface area contributed by atoms with Crippen LogP contribution in [0, 0.1) is 13.8 Å². The van der Waals surface area contributed by atoms with Crippen LogP contribution in [-0.4, -0.2) is 5.75 Å². The first kappa shape index (κ1) is 14.0. The molecule has 0 aliphatic rings. The Bertz CT molecular complexity index is 531. The van der Waals surface area contributed by atoms with Crippen molar-refractivity contribution < 1.29 is 0 Å². The molecule has 19 heavy (non-hydrogen) atoms. The molecule has 2 heteroatoms. The maximum Gasteiger partial charge on any atom is 0.0314 e. The highest BCUT2D eigenvalue weighted by Crippen LogP contribution is 2.24. The number of aryl methyl sites for hydroxylation is 3. The van der Waals surface area contributed by atoms with Gasteiger partial charge in [-0.2, -0.15) is 0 Å². The second-order valence-corrected chi connectivity index (χ2v) is 6.10. The van der Waals surface area contributed by atoms with Crippen molar-refractivity contribution in [1.82, 2.24) is 0 Å². The Morgan fingerprint density at radius 1 is 1.00 bits per heavy atom. The van der Waals surface area contributed by atoms with Gasteiger partial charge in [-0.15, -0.1) is 11.8 Å². The molecule has 2 N–H and O–H groups in total. The number of nitrogen functional groups attached to an aromatic ring is 1. The molecule has 0 atom stereocenters. The molecule has 1 nitrogen and oxygen atoms in total. The molecule has 0 spiro atoms. The predicted octanol–water partition coefficient (Wildman–Crippen LogP) is 4.61. The first-order valence-electron chi connectivity index (χ1n) is 6.69. The van der Waals surface area contributed by atoms with E-state index in [1.807, 2.05) is 23.9 Å². The molecule has 0 saturated heterocycles. The summed E-state index contributed by atoms with van der Waals surface area (Å²) in [5.74, 6) is 1.16. The lowest BCUT2D eigenvalue weighted by atomic mass is 10.1. The SMILES string of the molecule is Cc1ccc(C)c(SCCCc2ccc(N)cc2)c1. The van der Waals surface area contributed by atoms with Crippen molar-refractivity contribution in [1.29, 1.82) is 0 Å². The van der Waals surface area contributed by atoms with E-state index in [4.69, 9.17) is 5.73 Å². The number of nitrogens with two attached hydrogens (primary N) is 1. The van der Waals surface area contributed by atoms with Crippen LogP contribution in [0.2, 0.25) is 0 Å². The summed E-state index contributed by atoms with van der Waals surface area (Å²) in [5.41, 5.74) is 10.6. The molecular formula is C17H21NS. The van der Waals surface area contributed by atoms with Gasteiger partial charge in [-0.1, -0.05) is 29.8 Å². The Labute approximate surface area is 120 Å². The van der Waals surface area contributed by atoms with Crippen molar-refractivity contribution in [2.75, 3.05) is 11.5 Å². The summed E-state index contributed by atoms with van der Waals surface area (Å²) >= 11 is 1.96. The van der Waals surface area contributed by atoms with Crippen LogP contribution in [0.5, 0.6) is 0 Å². The lowest BCUT2D eigenvalue weighted by Gasteiger charge is -2.07. The van der Waals surface area contributed by atoms with Gasteiger partial charge in [-0.25, -0.2) is 0 Å². The first-order valence-corrected chi connectivity index (χ1v) is 7.68. The quantitative estimate of drug-likeness (QED) is 0.488. The minimum absolute atomic E-state index is 0.841. The summed E-state index contributed by atoms with van der Waals surface area (Å²) in [6.07, 6.45) is 2.32. The van der Waals surface area contributed by atoms with E-state index in [2.05, 4.69) is 44.2 Å². The van der Waals surface area contributed by atoms with Crippen LogP contribution in [0.3, 0.4) is 0 Å². The highest BCUT2D eigenvalue weighted by atomic mass is 32.2. The monoisotopic (exact) mass is 271 g/mol. The molecule has 0 heterocycles. The minimum atomic E-state index is 0.841. The second kappa shape index (κ2) is 6.67. The molecular weight excluding hydrogens is 250 g/mol. The van der Waals surface area contributed by atoms with Crippen LogP contribution in [-0.2, 0) is 6.42 Å². The van der Waals surface area contributed by atoms with Gasteiger partial charge >= 0.3 is 0 Å². The molecule has 2 aromatic rings. The lowest BCUT2D eigenvalue weighted by molar-refractivity contribution is 0.933. The van der Waals surface area contributed by atoms with E-state index in [9.17, 15) is 0 Å². The number of anilines is 1. The topological polar surface area (TPSA) is 26.0 Å². The van der Waals surface area contributed by atoms with Crippen molar-refractivity contribution in [3.63, 3.8) is 0 Å². The molecule has 0 bridgehead atoms. The van der Waals surface area contributed by atoms with Crippen molar-refractivity contribution in [3.05, 3.63) is 59.2 Å². The minimum Gasteiger partial charge on any atom is -0.399 e. The second-order valence-electron chi connectivity index (χ2n) is 4.96. The molecule has 0 aromatic heterocycles. The first-order chi connectivity index (χ1) is 9.15. The third kappa shape index (κ3) is 4.32. The van der Waals surface area contributed by atoms with E-state index in [0.29, 0.717) is 0 Å². The average molecular weight is 271 g/mol. The Hall–Kier alpha value is -1.41. The zero-order valence-electron chi connectivity index (χ0n) is 11.6. The number of hydrogen-bond donors (Lipinski definition) is 1. The van der Waals surface area contributed by atoms with Crippen molar-refractivity contribution in [2.24, 2.45) is 0 Å². The highest BCUT2D eigenvalue weighted by molar-refractivity contribution is 7.99. The summed E-state index contributed by atoms with van der Waals surface area (Å²) in [4.78, 5) is 1.41. The van der Waals surface area contributed by atoms with E-state index in [0.717, 1.165) is 17.9 Å². The molecule has 0 aliphatic carbocycles. The number of rotatable bonds is 5. The third-order valence-corrected chi connectivity index (χ3v) is 4.43. The van der Waals surface area contributed by atoms with Gasteiger partial charge in [0.2, 0.25) is 0 Å². The van der Waals surface area contributed by atoms with E-state index in [1.165, 1.54) is 28.0 Å². The molecule has 0 aliphatic heterocycles. The van der Waals surface area contributed by atoms with Crippen molar-refractivity contribution in [3.8, 4) is 0 Å². The summed E-state index contributed by atoms with van der Waals surface area (Å²) in [7, 11) is 0. The van der Waals surface area contributed by atoms with Gasteiger partial charge in [0, 0.05) is 10.6 Å². The van der Waals surface area contributed by atoms with Gasteiger partial charge in [-0.05, 0) is 61.8 Å². The van der Waals surface area contributed by atoms with Crippen LogP contribution in [0.1, 0.15) is 23.1 Å². The van der Waals surface area contributed by atoms with Gasteiger partial charge in [0.05, 0.1) is 0 Å². The maximum absolute atomic E-state index is 5.68. The zero-order valence-corrected chi connectivity index (χ0v) is 12.5. The van der Waals surface area contributed by atoms with Crippen LogP contribution < -0.4 is 5.73 Å². The zero-order chi connectivity index (χ0) is 13.7. The Morgan fingerprint density at radius 3 is 2.47 bits per heavy atom. The van der Waals surface area contributed by atoms with E-state index in [1.54, 1.807) is 0 Å². The molecule has 2 rings (SSSR count). The fourth-order valence-electron chi connectivity index (χ4n) is 2.01. The van der Waals surface area contributed by atoms with Crippen LogP contribution in [0.25, 0.3) is 0 Å². The number of thioether (sulfide) groups is 1. The fourth-order valence-corrected chi connectivity index (χ4v) is 3.08. The van der Waals surface area contributed by atoms with E-state index < -0.39 is 0 Å². The standard InChI is InChI=1S/C17H21NS/c1-13-5-6-14(2)17(12-13)19-11-3-4-15-7-9-16(18)10-8-15/h5-10,12H,3-4,11,18H2,1-2H3. The van der Waals surface area contributed by atoms with Gasteiger partial charge in [0.15, 0.2) is 0 Å². The fraction of sp³-hybridized carbons (Fsp3) is 0.294. The lowest BCUT2D eigenvalue weighted by Crippen LogP contribution is -1.90. The normalized spacial score (nSPS) is 10.6. The van der Waals surface area contributed by atoms with Crippen molar-refractivity contribution >= 4 is 17.4 Å². The third-order valence-electron chi connectivity index (χ3n) is 3.19. The molecule has 2 aromatic carbocycles. The molecule has 0 saturated carbocycles.